The lowest BCUT2D eigenvalue weighted by Gasteiger charge is -2.11. The Hall–Kier alpha value is -2.73. The molecule has 1 saturated heterocycles. The molecule has 2 aromatic rings. The largest absolute Gasteiger partial charge is 0.480 e. The number of aliphatic carboxylic acids is 1. The van der Waals surface area contributed by atoms with Crippen molar-refractivity contribution in [3.63, 3.8) is 0 Å². The molecule has 0 saturated carbocycles. The molecule has 0 radical (unpaired) electrons. The van der Waals surface area contributed by atoms with Crippen LogP contribution in [0.4, 0.5) is 0 Å². The average molecular weight is 312 g/mol. The summed E-state index contributed by atoms with van der Waals surface area (Å²) in [5.74, 6) is -1.42. The summed E-state index contributed by atoms with van der Waals surface area (Å²) in [6.45, 7) is 0.345. The monoisotopic (exact) mass is 312 g/mol. The Bertz CT molecular complexity index is 700. The van der Waals surface area contributed by atoms with Crippen LogP contribution in [0.25, 0.3) is 11.3 Å². The van der Waals surface area contributed by atoms with E-state index in [0.29, 0.717) is 12.1 Å². The molecule has 0 unspecified atom stereocenters. The van der Waals surface area contributed by atoms with Gasteiger partial charge in [0.25, 0.3) is 0 Å². The minimum absolute atomic E-state index is 0.274. The first-order valence-electron chi connectivity index (χ1n) is 7.32. The molecule has 0 aliphatic carbocycles. The van der Waals surface area contributed by atoms with Crippen LogP contribution in [0.2, 0.25) is 0 Å². The third kappa shape index (κ3) is 3.54. The average Bonchev–Trinajstić information content (AvgIpc) is 3.04. The SMILES string of the molecule is O=C(O[C@@H]1CN[C@H](C(=O)O)C1)c1ccc(-c2ccccc2)nc1. The Kier molecular flexibility index (Phi) is 4.34. The summed E-state index contributed by atoms with van der Waals surface area (Å²) in [7, 11) is 0. The van der Waals surface area contributed by atoms with E-state index in [4.69, 9.17) is 9.84 Å². The van der Waals surface area contributed by atoms with Gasteiger partial charge in [0.15, 0.2) is 0 Å². The van der Waals surface area contributed by atoms with Crippen molar-refractivity contribution in [2.24, 2.45) is 0 Å². The van der Waals surface area contributed by atoms with Gasteiger partial charge in [0.2, 0.25) is 0 Å². The number of benzene rings is 1. The number of carbonyl (C=O) groups is 2. The zero-order valence-corrected chi connectivity index (χ0v) is 12.3. The molecule has 1 aliphatic rings. The van der Waals surface area contributed by atoms with E-state index in [0.717, 1.165) is 11.3 Å². The molecule has 1 aromatic carbocycles. The minimum Gasteiger partial charge on any atom is -0.480 e. The van der Waals surface area contributed by atoms with Gasteiger partial charge in [0.1, 0.15) is 12.1 Å². The van der Waals surface area contributed by atoms with Gasteiger partial charge < -0.3 is 15.2 Å². The summed E-state index contributed by atoms with van der Waals surface area (Å²) in [4.78, 5) is 27.2. The Morgan fingerprint density at radius 2 is 1.96 bits per heavy atom. The van der Waals surface area contributed by atoms with Crippen LogP contribution in [0.3, 0.4) is 0 Å². The highest BCUT2D eigenvalue weighted by atomic mass is 16.5. The van der Waals surface area contributed by atoms with E-state index in [1.807, 2.05) is 30.3 Å². The summed E-state index contributed by atoms with van der Waals surface area (Å²) >= 11 is 0. The van der Waals surface area contributed by atoms with Gasteiger partial charge in [-0.15, -0.1) is 0 Å². The second-order valence-corrected chi connectivity index (χ2v) is 5.36. The number of aromatic nitrogens is 1. The maximum Gasteiger partial charge on any atom is 0.340 e. The number of rotatable bonds is 4. The van der Waals surface area contributed by atoms with E-state index < -0.39 is 24.1 Å². The zero-order chi connectivity index (χ0) is 16.2. The fraction of sp³-hybridized carbons (Fsp3) is 0.235. The van der Waals surface area contributed by atoms with Crippen molar-refractivity contribution in [2.75, 3.05) is 6.54 Å². The number of pyridine rings is 1. The van der Waals surface area contributed by atoms with Gasteiger partial charge in [0, 0.05) is 24.7 Å². The molecule has 1 aliphatic heterocycles. The van der Waals surface area contributed by atoms with Crippen LogP contribution in [0, 0.1) is 0 Å². The normalized spacial score (nSPS) is 20.2. The number of carboxylic acids is 1. The quantitative estimate of drug-likeness (QED) is 0.836. The van der Waals surface area contributed by atoms with Crippen LogP contribution in [-0.4, -0.2) is 40.7 Å². The van der Waals surface area contributed by atoms with Crippen molar-refractivity contribution < 1.29 is 19.4 Å². The molecule has 23 heavy (non-hydrogen) atoms. The second kappa shape index (κ2) is 6.58. The first-order valence-corrected chi connectivity index (χ1v) is 7.32. The maximum absolute atomic E-state index is 12.1. The van der Waals surface area contributed by atoms with Crippen LogP contribution in [0.1, 0.15) is 16.8 Å². The number of nitrogens with zero attached hydrogens (tertiary/aromatic N) is 1. The van der Waals surface area contributed by atoms with Gasteiger partial charge in [-0.1, -0.05) is 30.3 Å². The van der Waals surface area contributed by atoms with Crippen molar-refractivity contribution >= 4 is 11.9 Å². The summed E-state index contributed by atoms with van der Waals surface area (Å²) in [5.41, 5.74) is 2.09. The van der Waals surface area contributed by atoms with E-state index in [1.54, 1.807) is 12.1 Å². The highest BCUT2D eigenvalue weighted by molar-refractivity contribution is 5.89. The molecule has 3 rings (SSSR count). The molecule has 2 heterocycles. The molecule has 2 atom stereocenters. The number of carboxylic acid groups (broad SMARTS) is 1. The summed E-state index contributed by atoms with van der Waals surface area (Å²) in [6.07, 6.45) is 1.32. The van der Waals surface area contributed by atoms with Crippen molar-refractivity contribution in [3.8, 4) is 11.3 Å². The van der Waals surface area contributed by atoms with E-state index in [1.165, 1.54) is 6.20 Å². The van der Waals surface area contributed by atoms with Crippen molar-refractivity contribution in [3.05, 3.63) is 54.2 Å². The minimum atomic E-state index is -0.933. The van der Waals surface area contributed by atoms with E-state index in [2.05, 4.69) is 10.3 Å². The molecule has 2 N–H and O–H groups in total. The first kappa shape index (κ1) is 15.2. The van der Waals surface area contributed by atoms with Crippen molar-refractivity contribution in [1.82, 2.24) is 10.3 Å². The van der Waals surface area contributed by atoms with E-state index in [-0.39, 0.29) is 6.42 Å². The van der Waals surface area contributed by atoms with Gasteiger partial charge in [0.05, 0.1) is 11.3 Å². The van der Waals surface area contributed by atoms with Crippen molar-refractivity contribution in [1.29, 1.82) is 0 Å². The highest BCUT2D eigenvalue weighted by Gasteiger charge is 2.31. The molecule has 1 aromatic heterocycles. The van der Waals surface area contributed by atoms with Gasteiger partial charge in [-0.2, -0.15) is 0 Å². The number of ether oxygens (including phenoxy) is 1. The summed E-state index contributed by atoms with van der Waals surface area (Å²) in [6, 6.07) is 12.4. The highest BCUT2D eigenvalue weighted by Crippen LogP contribution is 2.18. The van der Waals surface area contributed by atoms with E-state index >= 15 is 0 Å². The van der Waals surface area contributed by atoms with Gasteiger partial charge >= 0.3 is 11.9 Å². The molecular weight excluding hydrogens is 296 g/mol. The topological polar surface area (TPSA) is 88.5 Å². The van der Waals surface area contributed by atoms with E-state index in [9.17, 15) is 9.59 Å². The summed E-state index contributed by atoms with van der Waals surface area (Å²) in [5, 5.41) is 11.7. The Balaban J connectivity index is 1.63. The number of carbonyl (C=O) groups excluding carboxylic acids is 1. The van der Waals surface area contributed by atoms with Gasteiger partial charge in [-0.3, -0.25) is 9.78 Å². The molecule has 1 fully saturated rings. The van der Waals surface area contributed by atoms with Gasteiger partial charge in [-0.05, 0) is 12.1 Å². The molecular formula is C17H16N2O4. The lowest BCUT2D eigenvalue weighted by atomic mass is 10.1. The van der Waals surface area contributed by atoms with Crippen LogP contribution in [0.5, 0.6) is 0 Å². The predicted molar refractivity (Wildman–Crippen MR) is 82.9 cm³/mol. The molecule has 118 valence electrons. The first-order chi connectivity index (χ1) is 11.1. The fourth-order valence-electron chi connectivity index (χ4n) is 2.49. The number of nitrogens with one attached hydrogen (secondary N) is 1. The Morgan fingerprint density at radius 1 is 1.17 bits per heavy atom. The van der Waals surface area contributed by atoms with Crippen LogP contribution < -0.4 is 5.32 Å². The standard InChI is InChI=1S/C17H16N2O4/c20-16(21)15-8-13(10-19-15)23-17(22)12-6-7-14(18-9-12)11-4-2-1-3-5-11/h1-7,9,13,15,19H,8,10H2,(H,20,21)/t13-,15-/m0/s1. The lowest BCUT2D eigenvalue weighted by Crippen LogP contribution is -2.30. The molecule has 6 nitrogen and oxygen atoms in total. The molecule has 0 bridgehead atoms. The fourth-order valence-corrected chi connectivity index (χ4v) is 2.49. The summed E-state index contributed by atoms with van der Waals surface area (Å²) < 4.78 is 5.32. The van der Waals surface area contributed by atoms with Gasteiger partial charge in [-0.25, -0.2) is 4.79 Å². The Labute approximate surface area is 133 Å². The smallest absolute Gasteiger partial charge is 0.340 e. The van der Waals surface area contributed by atoms with Crippen LogP contribution in [-0.2, 0) is 9.53 Å². The third-order valence-corrected chi connectivity index (χ3v) is 3.73. The third-order valence-electron chi connectivity index (χ3n) is 3.73. The Morgan fingerprint density at radius 3 is 2.57 bits per heavy atom. The maximum atomic E-state index is 12.1. The predicted octanol–water partition coefficient (Wildman–Crippen LogP) is 1.72. The molecule has 6 heteroatoms. The number of hydrogen-bond donors (Lipinski definition) is 2. The van der Waals surface area contributed by atoms with Crippen LogP contribution in [0.15, 0.2) is 48.7 Å². The molecule has 0 spiro atoms. The van der Waals surface area contributed by atoms with Crippen LogP contribution >= 0.6 is 0 Å². The van der Waals surface area contributed by atoms with Crippen molar-refractivity contribution in [2.45, 2.75) is 18.6 Å². The number of esters is 1. The zero-order valence-electron chi connectivity index (χ0n) is 12.3. The molecule has 0 amide bonds. The number of hydrogen-bond acceptors (Lipinski definition) is 5. The second-order valence-electron chi connectivity index (χ2n) is 5.36. The lowest BCUT2D eigenvalue weighted by molar-refractivity contribution is -0.139.